The third-order valence-corrected chi connectivity index (χ3v) is 3.06. The maximum atomic E-state index is 13.0. The van der Waals surface area contributed by atoms with Gasteiger partial charge >= 0.3 is 12.1 Å². The maximum Gasteiger partial charge on any atom is 0.416 e. The zero-order chi connectivity index (χ0) is 16.3. The predicted octanol–water partition coefficient (Wildman–Crippen LogP) is 2.76. The molecule has 4 nitrogen and oxygen atoms in total. The standard InChI is InChI=1S/C15H10F3NO3/c16-15(17,18)12-6-2-1-4-10(12)8-19-7-3-5-11(14(21)22)13(19)9-20/h1-7H,8H2,(H,21,22). The van der Waals surface area contributed by atoms with E-state index in [9.17, 15) is 22.8 Å². The number of carbonyl (C=O) groups excluding carboxylic acids is 1. The van der Waals surface area contributed by atoms with Gasteiger partial charge in [0.2, 0.25) is 0 Å². The van der Waals surface area contributed by atoms with E-state index in [-0.39, 0.29) is 23.4 Å². The fourth-order valence-corrected chi connectivity index (χ4v) is 2.09. The van der Waals surface area contributed by atoms with Crippen LogP contribution in [0.3, 0.4) is 0 Å². The molecular formula is C15H10F3NO3. The van der Waals surface area contributed by atoms with E-state index in [1.165, 1.54) is 42.5 Å². The van der Waals surface area contributed by atoms with Crippen LogP contribution in [0.5, 0.6) is 0 Å². The lowest BCUT2D eigenvalue weighted by atomic mass is 10.0. The Hall–Kier alpha value is -2.79. The van der Waals surface area contributed by atoms with Crippen LogP contribution in [0.1, 0.15) is 11.1 Å². The molecule has 0 atom stereocenters. The number of nitrogens with zero attached hydrogens (tertiary/aromatic N) is 1. The van der Waals surface area contributed by atoms with Crippen LogP contribution in [0.2, 0.25) is 0 Å². The summed E-state index contributed by atoms with van der Waals surface area (Å²) in [5, 5.41) is 9.00. The van der Waals surface area contributed by atoms with E-state index in [0.29, 0.717) is 0 Å². The summed E-state index contributed by atoms with van der Waals surface area (Å²) in [6.45, 7) is -0.290. The van der Waals surface area contributed by atoms with Gasteiger partial charge in [-0.25, -0.2) is 9.59 Å². The van der Waals surface area contributed by atoms with Crippen molar-refractivity contribution in [2.45, 2.75) is 12.7 Å². The average molecular weight is 309 g/mol. The SMILES string of the molecule is O=C=C1C(C(=O)O)=CC=CN1Cc1ccccc1C(F)(F)F. The summed E-state index contributed by atoms with van der Waals surface area (Å²) in [7, 11) is 0. The lowest BCUT2D eigenvalue weighted by molar-refractivity contribution is -0.138. The molecule has 1 aromatic carbocycles. The number of hydrogen-bond donors (Lipinski definition) is 1. The minimum atomic E-state index is -4.54. The summed E-state index contributed by atoms with van der Waals surface area (Å²) in [4.78, 5) is 23.2. The van der Waals surface area contributed by atoms with Crippen LogP contribution in [-0.2, 0) is 22.3 Å². The molecule has 7 heteroatoms. The Bertz CT molecular complexity index is 713. The number of carboxylic acids is 1. The van der Waals surface area contributed by atoms with Gasteiger partial charge < -0.3 is 10.0 Å². The number of benzene rings is 1. The number of rotatable bonds is 3. The predicted molar refractivity (Wildman–Crippen MR) is 71.1 cm³/mol. The van der Waals surface area contributed by atoms with Gasteiger partial charge in [-0.05, 0) is 23.8 Å². The van der Waals surface area contributed by atoms with E-state index < -0.39 is 17.7 Å². The van der Waals surface area contributed by atoms with E-state index in [1.54, 1.807) is 0 Å². The number of aliphatic carboxylic acids is 1. The molecule has 0 unspecified atom stereocenters. The first-order chi connectivity index (χ1) is 10.3. The highest BCUT2D eigenvalue weighted by Crippen LogP contribution is 2.33. The molecule has 0 spiro atoms. The van der Waals surface area contributed by atoms with Gasteiger partial charge in [0.25, 0.3) is 0 Å². The normalized spacial score (nSPS) is 14.6. The van der Waals surface area contributed by atoms with Crippen LogP contribution in [0.15, 0.2) is 53.9 Å². The van der Waals surface area contributed by atoms with Crippen molar-refractivity contribution in [2.75, 3.05) is 0 Å². The van der Waals surface area contributed by atoms with E-state index in [4.69, 9.17) is 5.11 Å². The molecule has 0 radical (unpaired) electrons. The molecule has 0 saturated carbocycles. The van der Waals surface area contributed by atoms with Gasteiger partial charge in [0.15, 0.2) is 5.94 Å². The number of halogens is 3. The van der Waals surface area contributed by atoms with E-state index in [2.05, 4.69) is 0 Å². The van der Waals surface area contributed by atoms with Gasteiger partial charge in [-0.2, -0.15) is 13.2 Å². The van der Waals surface area contributed by atoms with Crippen molar-refractivity contribution in [3.63, 3.8) is 0 Å². The van der Waals surface area contributed by atoms with Crippen molar-refractivity contribution in [2.24, 2.45) is 0 Å². The lowest BCUT2D eigenvalue weighted by Crippen LogP contribution is -2.25. The Morgan fingerprint density at radius 1 is 1.27 bits per heavy atom. The maximum absolute atomic E-state index is 13.0. The Labute approximate surface area is 123 Å². The highest BCUT2D eigenvalue weighted by molar-refractivity contribution is 5.95. The van der Waals surface area contributed by atoms with Gasteiger partial charge in [0.05, 0.1) is 11.1 Å². The van der Waals surface area contributed by atoms with Crippen LogP contribution in [0.25, 0.3) is 0 Å². The van der Waals surface area contributed by atoms with E-state index in [0.717, 1.165) is 11.0 Å². The average Bonchev–Trinajstić information content (AvgIpc) is 2.46. The third-order valence-electron chi connectivity index (χ3n) is 3.06. The minimum absolute atomic E-state index is 0.0703. The molecule has 1 aliphatic rings. The summed E-state index contributed by atoms with van der Waals surface area (Å²) >= 11 is 0. The zero-order valence-corrected chi connectivity index (χ0v) is 11.1. The fraction of sp³-hybridized carbons (Fsp3) is 0.133. The van der Waals surface area contributed by atoms with Crippen molar-refractivity contribution in [1.29, 1.82) is 0 Å². The first kappa shape index (κ1) is 15.6. The van der Waals surface area contributed by atoms with Crippen molar-refractivity contribution in [3.8, 4) is 0 Å². The summed E-state index contributed by atoms with van der Waals surface area (Å²) < 4.78 is 38.9. The molecule has 1 heterocycles. The highest BCUT2D eigenvalue weighted by Gasteiger charge is 2.33. The summed E-state index contributed by atoms with van der Waals surface area (Å²) in [6, 6.07) is 4.91. The molecule has 1 N–H and O–H groups in total. The molecule has 0 amide bonds. The molecule has 0 fully saturated rings. The van der Waals surface area contributed by atoms with Gasteiger partial charge in [-0.3, -0.25) is 0 Å². The monoisotopic (exact) mass is 309 g/mol. The van der Waals surface area contributed by atoms with Crippen LogP contribution in [-0.4, -0.2) is 21.9 Å². The highest BCUT2D eigenvalue weighted by atomic mass is 19.4. The van der Waals surface area contributed by atoms with Crippen LogP contribution >= 0.6 is 0 Å². The molecule has 0 bridgehead atoms. The Morgan fingerprint density at radius 3 is 2.55 bits per heavy atom. The Balaban J connectivity index is 2.37. The van der Waals surface area contributed by atoms with Gasteiger partial charge in [-0.1, -0.05) is 18.2 Å². The zero-order valence-electron chi connectivity index (χ0n) is 11.1. The molecule has 0 aliphatic carbocycles. The molecule has 22 heavy (non-hydrogen) atoms. The second-order valence-corrected chi connectivity index (χ2v) is 4.46. The molecular weight excluding hydrogens is 299 g/mol. The molecule has 2 rings (SSSR count). The largest absolute Gasteiger partial charge is 0.478 e. The van der Waals surface area contributed by atoms with Crippen molar-refractivity contribution in [1.82, 2.24) is 4.90 Å². The fourth-order valence-electron chi connectivity index (χ4n) is 2.09. The Morgan fingerprint density at radius 2 is 1.95 bits per heavy atom. The van der Waals surface area contributed by atoms with E-state index >= 15 is 0 Å². The topological polar surface area (TPSA) is 57.6 Å². The quantitative estimate of drug-likeness (QED) is 0.872. The summed E-state index contributed by atoms with van der Waals surface area (Å²) in [5.41, 5.74) is -1.53. The smallest absolute Gasteiger partial charge is 0.416 e. The number of carboxylic acid groups (broad SMARTS) is 1. The first-order valence-corrected chi connectivity index (χ1v) is 6.13. The number of allylic oxidation sites excluding steroid dienone is 2. The lowest BCUT2D eigenvalue weighted by Gasteiger charge is -2.25. The second-order valence-electron chi connectivity index (χ2n) is 4.46. The van der Waals surface area contributed by atoms with Crippen molar-refractivity contribution < 1.29 is 27.9 Å². The van der Waals surface area contributed by atoms with Gasteiger partial charge in [-0.15, -0.1) is 0 Å². The van der Waals surface area contributed by atoms with Crippen LogP contribution < -0.4 is 0 Å². The molecule has 0 aromatic heterocycles. The van der Waals surface area contributed by atoms with Crippen LogP contribution in [0, 0.1) is 0 Å². The molecule has 114 valence electrons. The number of hydrogen-bond acceptors (Lipinski definition) is 3. The third kappa shape index (κ3) is 3.10. The minimum Gasteiger partial charge on any atom is -0.478 e. The van der Waals surface area contributed by atoms with Crippen molar-refractivity contribution in [3.05, 3.63) is 65.0 Å². The molecule has 0 saturated heterocycles. The van der Waals surface area contributed by atoms with Gasteiger partial charge in [0, 0.05) is 12.7 Å². The van der Waals surface area contributed by atoms with Gasteiger partial charge in [0.1, 0.15) is 5.70 Å². The first-order valence-electron chi connectivity index (χ1n) is 6.13. The second kappa shape index (κ2) is 5.91. The molecule has 1 aromatic rings. The van der Waals surface area contributed by atoms with Crippen LogP contribution in [0.4, 0.5) is 13.2 Å². The summed E-state index contributed by atoms with van der Waals surface area (Å²) in [6.07, 6.45) is -0.665. The number of alkyl halides is 3. The Kier molecular flexibility index (Phi) is 4.19. The molecule has 1 aliphatic heterocycles. The van der Waals surface area contributed by atoms with Crippen molar-refractivity contribution >= 4 is 11.9 Å². The van der Waals surface area contributed by atoms with E-state index in [1.807, 2.05) is 0 Å². The number of carbonyl (C=O) groups is 1. The summed E-state index contributed by atoms with van der Waals surface area (Å²) in [5.74, 6) is 0.125.